The predicted octanol–water partition coefficient (Wildman–Crippen LogP) is 5.82. The molecule has 0 saturated carbocycles. The van der Waals surface area contributed by atoms with Crippen LogP contribution in [0.25, 0.3) is 0 Å². The molecule has 0 radical (unpaired) electrons. The molecular weight excluding hydrogens is 600 g/mol. The van der Waals surface area contributed by atoms with Crippen LogP contribution in [0, 0.1) is 11.8 Å². The Morgan fingerprint density at radius 1 is 0.587 bits per heavy atom. The monoisotopic (exact) mass is 652 g/mol. The molecule has 0 heterocycles. The van der Waals surface area contributed by atoms with Crippen molar-refractivity contribution in [1.82, 2.24) is 0 Å². The highest BCUT2D eigenvalue weighted by Gasteiger charge is 2.31. The highest BCUT2D eigenvalue weighted by atomic mass is 16.6. The summed E-state index contributed by atoms with van der Waals surface area (Å²) in [5, 5.41) is 0. The Kier molecular flexibility index (Phi) is 22.2. The molecule has 0 rings (SSSR count). The summed E-state index contributed by atoms with van der Waals surface area (Å²) in [7, 11) is 0. The van der Waals surface area contributed by atoms with Crippen molar-refractivity contribution in [2.75, 3.05) is 19.8 Å². The van der Waals surface area contributed by atoms with Gasteiger partial charge in [-0.25, -0.2) is 28.8 Å². The normalized spacial score (nSPS) is 12.8. The van der Waals surface area contributed by atoms with Crippen LogP contribution in [0.3, 0.4) is 0 Å². The molecule has 1 atom stereocenters. The molecule has 0 spiro atoms. The lowest BCUT2D eigenvalue weighted by Gasteiger charge is -2.22. The Bertz CT molecular complexity index is 1100. The van der Waals surface area contributed by atoms with E-state index in [1.807, 2.05) is 41.5 Å². The third-order valence-corrected chi connectivity index (χ3v) is 6.23. The SMILES string of the molecule is CCCCOC(=O)/C=C(/OC(=O)/C=C/C(=O)O/C(C(=O)OC(CCC)C(C)C)=C(/C(=O)OCCCC)C(C)C)C(=O)OCCCC. The van der Waals surface area contributed by atoms with E-state index in [1.54, 1.807) is 13.8 Å². The van der Waals surface area contributed by atoms with E-state index in [9.17, 15) is 28.8 Å². The molecule has 0 aromatic heterocycles. The van der Waals surface area contributed by atoms with Crippen LogP contribution in [0.1, 0.15) is 107 Å². The Morgan fingerprint density at radius 3 is 1.57 bits per heavy atom. The minimum Gasteiger partial charge on any atom is -0.462 e. The molecule has 0 aromatic rings. The lowest BCUT2D eigenvalue weighted by molar-refractivity contribution is -0.156. The van der Waals surface area contributed by atoms with Crippen molar-refractivity contribution in [1.29, 1.82) is 0 Å². The van der Waals surface area contributed by atoms with Gasteiger partial charge in [-0.3, -0.25) is 0 Å². The van der Waals surface area contributed by atoms with Gasteiger partial charge in [-0.1, -0.05) is 81.1 Å². The smallest absolute Gasteiger partial charge is 0.375 e. The van der Waals surface area contributed by atoms with E-state index in [-0.39, 0.29) is 31.3 Å². The fraction of sp³-hybridized carbons (Fsp3) is 0.647. The van der Waals surface area contributed by atoms with Crippen molar-refractivity contribution >= 4 is 35.8 Å². The summed E-state index contributed by atoms with van der Waals surface area (Å²) < 4.78 is 31.3. The van der Waals surface area contributed by atoms with Gasteiger partial charge in [0.05, 0.1) is 31.5 Å². The first-order valence-corrected chi connectivity index (χ1v) is 16.1. The van der Waals surface area contributed by atoms with Gasteiger partial charge in [-0.2, -0.15) is 0 Å². The number of unbranched alkanes of at least 4 members (excludes halogenated alkanes) is 3. The lowest BCUT2D eigenvalue weighted by atomic mass is 10.0. The summed E-state index contributed by atoms with van der Waals surface area (Å²) in [5.41, 5.74) is -0.203. The minimum absolute atomic E-state index is 0.0253. The number of rotatable bonds is 22. The Morgan fingerprint density at radius 2 is 1.09 bits per heavy atom. The van der Waals surface area contributed by atoms with Crippen LogP contribution < -0.4 is 0 Å². The Hall–Kier alpha value is -3.96. The molecule has 0 amide bonds. The number of ether oxygens (including phenoxy) is 6. The third kappa shape index (κ3) is 17.5. The van der Waals surface area contributed by atoms with E-state index in [4.69, 9.17) is 28.4 Å². The molecule has 0 aliphatic carbocycles. The molecule has 260 valence electrons. The van der Waals surface area contributed by atoms with Gasteiger partial charge in [0.1, 0.15) is 6.10 Å². The van der Waals surface area contributed by atoms with Crippen molar-refractivity contribution < 1.29 is 57.2 Å². The molecule has 0 N–H and O–H groups in total. The molecular formula is C34H52O12. The second-order valence-corrected chi connectivity index (χ2v) is 11.1. The highest BCUT2D eigenvalue weighted by molar-refractivity contribution is 6.03. The van der Waals surface area contributed by atoms with Crippen LogP contribution in [0.5, 0.6) is 0 Å². The van der Waals surface area contributed by atoms with Gasteiger partial charge in [0.2, 0.25) is 11.5 Å². The van der Waals surface area contributed by atoms with Crippen molar-refractivity contribution in [3.05, 3.63) is 35.3 Å². The van der Waals surface area contributed by atoms with Crippen molar-refractivity contribution in [2.24, 2.45) is 11.8 Å². The molecule has 0 bridgehead atoms. The molecule has 12 heteroatoms. The molecule has 0 aliphatic rings. The van der Waals surface area contributed by atoms with Gasteiger partial charge in [0.25, 0.3) is 0 Å². The second kappa shape index (κ2) is 24.3. The van der Waals surface area contributed by atoms with E-state index in [0.717, 1.165) is 25.7 Å². The van der Waals surface area contributed by atoms with Gasteiger partial charge in [0, 0.05) is 12.2 Å². The number of hydrogen-bond donors (Lipinski definition) is 0. The van der Waals surface area contributed by atoms with Crippen molar-refractivity contribution in [3.63, 3.8) is 0 Å². The summed E-state index contributed by atoms with van der Waals surface area (Å²) in [5.74, 6) is -8.37. The summed E-state index contributed by atoms with van der Waals surface area (Å²) >= 11 is 0. The molecule has 12 nitrogen and oxygen atoms in total. The minimum atomic E-state index is -1.23. The molecule has 0 fully saturated rings. The summed E-state index contributed by atoms with van der Waals surface area (Å²) in [6, 6.07) is 0. The molecule has 1 unspecified atom stereocenters. The van der Waals surface area contributed by atoms with Crippen LogP contribution in [0.2, 0.25) is 0 Å². The maximum atomic E-state index is 13.3. The van der Waals surface area contributed by atoms with Gasteiger partial charge >= 0.3 is 35.8 Å². The number of esters is 6. The average molecular weight is 653 g/mol. The highest BCUT2D eigenvalue weighted by Crippen LogP contribution is 2.23. The van der Waals surface area contributed by atoms with E-state index in [2.05, 4.69) is 0 Å². The largest absolute Gasteiger partial charge is 0.462 e. The van der Waals surface area contributed by atoms with E-state index in [0.29, 0.717) is 43.9 Å². The van der Waals surface area contributed by atoms with E-state index >= 15 is 0 Å². The Labute approximate surface area is 272 Å². The fourth-order valence-corrected chi connectivity index (χ4v) is 3.58. The first-order chi connectivity index (χ1) is 21.8. The maximum absolute atomic E-state index is 13.3. The maximum Gasteiger partial charge on any atom is 0.375 e. The van der Waals surface area contributed by atoms with Crippen LogP contribution in [0.4, 0.5) is 0 Å². The Balaban J connectivity index is 6.18. The number of carbonyl (C=O) groups excluding carboxylic acids is 6. The first-order valence-electron chi connectivity index (χ1n) is 16.1. The zero-order chi connectivity index (χ0) is 35.1. The molecule has 0 aliphatic heterocycles. The average Bonchev–Trinajstić information content (AvgIpc) is 2.99. The summed E-state index contributed by atoms with van der Waals surface area (Å²) in [6.07, 6.45) is 6.68. The first kappa shape index (κ1) is 42.0. The van der Waals surface area contributed by atoms with Crippen LogP contribution in [-0.2, 0) is 57.2 Å². The predicted molar refractivity (Wildman–Crippen MR) is 168 cm³/mol. The fourth-order valence-electron chi connectivity index (χ4n) is 3.58. The van der Waals surface area contributed by atoms with Crippen LogP contribution >= 0.6 is 0 Å². The molecule has 0 aromatic carbocycles. The topological polar surface area (TPSA) is 158 Å². The van der Waals surface area contributed by atoms with Crippen LogP contribution in [0.15, 0.2) is 35.3 Å². The standard InChI is InChI=1S/C34H52O12/c1-9-13-19-41-29(37)22-26(32(38)42-20-14-10-2)44-27(35)17-18-28(36)46-31(34(40)45-25(16-12-4)23(5)6)30(24(7)8)33(39)43-21-15-11-3/h17-18,22-25H,9-16,19-21H2,1-8H3/b18-17+,26-22+,31-30+. The van der Waals surface area contributed by atoms with Crippen molar-refractivity contribution in [3.8, 4) is 0 Å². The number of carbonyl (C=O) groups is 6. The van der Waals surface area contributed by atoms with Crippen LogP contribution in [-0.4, -0.2) is 61.7 Å². The lowest BCUT2D eigenvalue weighted by Crippen LogP contribution is -2.28. The third-order valence-electron chi connectivity index (χ3n) is 6.23. The molecule has 0 saturated heterocycles. The number of hydrogen-bond acceptors (Lipinski definition) is 12. The zero-order valence-corrected chi connectivity index (χ0v) is 28.6. The van der Waals surface area contributed by atoms with Gasteiger partial charge in [-0.15, -0.1) is 0 Å². The zero-order valence-electron chi connectivity index (χ0n) is 28.6. The van der Waals surface area contributed by atoms with E-state index < -0.39 is 59.4 Å². The van der Waals surface area contributed by atoms with Crippen molar-refractivity contribution in [2.45, 2.75) is 113 Å². The van der Waals surface area contributed by atoms with Gasteiger partial charge < -0.3 is 28.4 Å². The molecule has 46 heavy (non-hydrogen) atoms. The second-order valence-electron chi connectivity index (χ2n) is 11.1. The summed E-state index contributed by atoms with van der Waals surface area (Å²) in [4.78, 5) is 76.3. The quantitative estimate of drug-likeness (QED) is 0.0454. The van der Waals surface area contributed by atoms with E-state index in [1.165, 1.54) is 0 Å². The van der Waals surface area contributed by atoms with Gasteiger partial charge in [-0.05, 0) is 37.5 Å². The van der Waals surface area contributed by atoms with Gasteiger partial charge in [0.15, 0.2) is 0 Å². The summed E-state index contributed by atoms with van der Waals surface area (Å²) in [6.45, 7) is 14.8.